The van der Waals surface area contributed by atoms with E-state index in [1.54, 1.807) is 6.20 Å². The van der Waals surface area contributed by atoms with E-state index in [0.717, 1.165) is 16.7 Å². The molecule has 4 heteroatoms. The number of aromatic nitrogens is 2. The number of benzene rings is 1. The first-order valence-electron chi connectivity index (χ1n) is 6.09. The standard InChI is InChI=1S/C14H18BrN3/c1-10(2)16-7-12-4-5-14(11(3)6-12)18-9-13(15)8-17-18/h4-6,8-10,16H,7H2,1-3H3. The van der Waals surface area contributed by atoms with E-state index in [1.807, 2.05) is 10.9 Å². The maximum Gasteiger partial charge on any atom is 0.0675 e. The molecule has 3 nitrogen and oxygen atoms in total. The number of halogens is 1. The van der Waals surface area contributed by atoms with Crippen molar-refractivity contribution in [2.75, 3.05) is 0 Å². The van der Waals surface area contributed by atoms with Gasteiger partial charge in [-0.2, -0.15) is 5.10 Å². The predicted octanol–water partition coefficient (Wildman–Crippen LogP) is 3.44. The molecule has 0 saturated carbocycles. The van der Waals surface area contributed by atoms with E-state index in [0.29, 0.717) is 6.04 Å². The molecular weight excluding hydrogens is 290 g/mol. The van der Waals surface area contributed by atoms with Crippen molar-refractivity contribution in [2.45, 2.75) is 33.4 Å². The van der Waals surface area contributed by atoms with Gasteiger partial charge in [0.15, 0.2) is 0 Å². The number of rotatable bonds is 4. The van der Waals surface area contributed by atoms with Crippen molar-refractivity contribution in [3.8, 4) is 5.69 Å². The zero-order chi connectivity index (χ0) is 13.1. The second-order valence-corrected chi connectivity index (χ2v) is 5.68. The summed E-state index contributed by atoms with van der Waals surface area (Å²) in [5.41, 5.74) is 3.65. The Morgan fingerprint density at radius 3 is 2.72 bits per heavy atom. The summed E-state index contributed by atoms with van der Waals surface area (Å²) in [6.07, 6.45) is 3.77. The highest BCUT2D eigenvalue weighted by Gasteiger charge is 2.04. The predicted molar refractivity (Wildman–Crippen MR) is 78.0 cm³/mol. The minimum Gasteiger partial charge on any atom is -0.310 e. The van der Waals surface area contributed by atoms with Gasteiger partial charge >= 0.3 is 0 Å². The molecule has 0 bridgehead atoms. The topological polar surface area (TPSA) is 29.9 Å². The summed E-state index contributed by atoms with van der Waals surface area (Å²) in [6.45, 7) is 7.33. The lowest BCUT2D eigenvalue weighted by atomic mass is 10.1. The van der Waals surface area contributed by atoms with Gasteiger partial charge in [-0.3, -0.25) is 0 Å². The molecule has 0 aliphatic rings. The first-order valence-corrected chi connectivity index (χ1v) is 6.89. The minimum atomic E-state index is 0.507. The van der Waals surface area contributed by atoms with E-state index < -0.39 is 0 Å². The normalized spacial score (nSPS) is 11.2. The molecule has 0 saturated heterocycles. The fourth-order valence-corrected chi connectivity index (χ4v) is 2.12. The SMILES string of the molecule is Cc1cc(CNC(C)C)ccc1-n1cc(Br)cn1. The third-order valence-corrected chi connectivity index (χ3v) is 3.18. The lowest BCUT2D eigenvalue weighted by Crippen LogP contribution is -2.21. The third-order valence-electron chi connectivity index (χ3n) is 2.77. The van der Waals surface area contributed by atoms with Crippen LogP contribution in [0.1, 0.15) is 25.0 Å². The lowest BCUT2D eigenvalue weighted by molar-refractivity contribution is 0.588. The summed E-state index contributed by atoms with van der Waals surface area (Å²) in [5, 5.41) is 7.73. The number of nitrogens with one attached hydrogen (secondary N) is 1. The first-order chi connectivity index (χ1) is 8.56. The molecule has 0 fully saturated rings. The fourth-order valence-electron chi connectivity index (χ4n) is 1.84. The van der Waals surface area contributed by atoms with Gasteiger partial charge in [0.2, 0.25) is 0 Å². The number of hydrogen-bond acceptors (Lipinski definition) is 2. The molecule has 96 valence electrons. The highest BCUT2D eigenvalue weighted by Crippen LogP contribution is 2.17. The summed E-state index contributed by atoms with van der Waals surface area (Å²) in [5.74, 6) is 0. The highest BCUT2D eigenvalue weighted by molar-refractivity contribution is 9.10. The summed E-state index contributed by atoms with van der Waals surface area (Å²) in [7, 11) is 0. The Balaban J connectivity index is 2.20. The van der Waals surface area contributed by atoms with Gasteiger partial charge in [-0.25, -0.2) is 4.68 Å². The van der Waals surface area contributed by atoms with Gasteiger partial charge in [0, 0.05) is 18.8 Å². The van der Waals surface area contributed by atoms with E-state index in [4.69, 9.17) is 0 Å². The summed E-state index contributed by atoms with van der Waals surface area (Å²) >= 11 is 3.42. The molecule has 0 amide bonds. The molecule has 0 aliphatic heterocycles. The largest absolute Gasteiger partial charge is 0.310 e. The molecule has 1 aromatic carbocycles. The van der Waals surface area contributed by atoms with Gasteiger partial charge in [-0.15, -0.1) is 0 Å². The molecule has 1 heterocycles. The van der Waals surface area contributed by atoms with Crippen molar-refractivity contribution in [2.24, 2.45) is 0 Å². The van der Waals surface area contributed by atoms with Gasteiger partial charge in [0.25, 0.3) is 0 Å². The van der Waals surface area contributed by atoms with Crippen molar-refractivity contribution in [3.05, 3.63) is 46.2 Å². The maximum absolute atomic E-state index is 4.30. The van der Waals surface area contributed by atoms with Gasteiger partial charge in [0.05, 0.1) is 16.4 Å². The van der Waals surface area contributed by atoms with Crippen LogP contribution in [0.25, 0.3) is 5.69 Å². The zero-order valence-electron chi connectivity index (χ0n) is 10.9. The first kappa shape index (κ1) is 13.3. The Morgan fingerprint density at radius 1 is 1.39 bits per heavy atom. The Hall–Kier alpha value is -1.13. The second-order valence-electron chi connectivity index (χ2n) is 4.76. The van der Waals surface area contributed by atoms with Crippen LogP contribution >= 0.6 is 15.9 Å². The summed E-state index contributed by atoms with van der Waals surface area (Å²) < 4.78 is 2.88. The quantitative estimate of drug-likeness (QED) is 0.937. The monoisotopic (exact) mass is 307 g/mol. The van der Waals surface area contributed by atoms with Gasteiger partial charge in [-0.05, 0) is 40.0 Å². The van der Waals surface area contributed by atoms with Crippen LogP contribution in [0.15, 0.2) is 35.1 Å². The Morgan fingerprint density at radius 2 is 2.17 bits per heavy atom. The number of hydrogen-bond donors (Lipinski definition) is 1. The van der Waals surface area contributed by atoms with Crippen LogP contribution in [-0.4, -0.2) is 15.8 Å². The molecular formula is C14H18BrN3. The molecule has 1 aromatic heterocycles. The van der Waals surface area contributed by atoms with E-state index in [1.165, 1.54) is 11.1 Å². The van der Waals surface area contributed by atoms with Crippen LogP contribution in [-0.2, 0) is 6.54 Å². The van der Waals surface area contributed by atoms with Crippen molar-refractivity contribution >= 4 is 15.9 Å². The van der Waals surface area contributed by atoms with E-state index >= 15 is 0 Å². The van der Waals surface area contributed by atoms with Gasteiger partial charge < -0.3 is 5.32 Å². The smallest absolute Gasteiger partial charge is 0.0675 e. The number of nitrogens with zero attached hydrogens (tertiary/aromatic N) is 2. The average Bonchev–Trinajstić information content (AvgIpc) is 2.73. The van der Waals surface area contributed by atoms with Crippen LogP contribution in [0, 0.1) is 6.92 Å². The molecule has 2 rings (SSSR count). The molecule has 0 radical (unpaired) electrons. The molecule has 2 aromatic rings. The molecule has 0 unspecified atom stereocenters. The summed E-state index contributed by atoms with van der Waals surface area (Å²) in [6, 6.07) is 6.98. The van der Waals surface area contributed by atoms with Crippen molar-refractivity contribution in [3.63, 3.8) is 0 Å². The average molecular weight is 308 g/mol. The highest BCUT2D eigenvalue weighted by atomic mass is 79.9. The van der Waals surface area contributed by atoms with E-state index in [-0.39, 0.29) is 0 Å². The van der Waals surface area contributed by atoms with Crippen molar-refractivity contribution in [1.29, 1.82) is 0 Å². The van der Waals surface area contributed by atoms with Crippen molar-refractivity contribution < 1.29 is 0 Å². The van der Waals surface area contributed by atoms with Gasteiger partial charge in [-0.1, -0.05) is 26.0 Å². The zero-order valence-corrected chi connectivity index (χ0v) is 12.5. The lowest BCUT2D eigenvalue weighted by Gasteiger charge is -2.11. The number of aryl methyl sites for hydroxylation is 1. The second kappa shape index (κ2) is 5.67. The fraction of sp³-hybridized carbons (Fsp3) is 0.357. The molecule has 0 atom stereocenters. The Labute approximate surface area is 116 Å². The van der Waals surface area contributed by atoms with Gasteiger partial charge in [0.1, 0.15) is 0 Å². The van der Waals surface area contributed by atoms with E-state index in [9.17, 15) is 0 Å². The van der Waals surface area contributed by atoms with E-state index in [2.05, 4.69) is 65.3 Å². The molecule has 1 N–H and O–H groups in total. The van der Waals surface area contributed by atoms with Crippen molar-refractivity contribution in [1.82, 2.24) is 15.1 Å². The molecule has 0 aliphatic carbocycles. The van der Waals surface area contributed by atoms with Crippen LogP contribution in [0.4, 0.5) is 0 Å². The Kier molecular flexibility index (Phi) is 4.19. The summed E-state index contributed by atoms with van der Waals surface area (Å²) in [4.78, 5) is 0. The van der Waals surface area contributed by atoms with Crippen LogP contribution in [0.5, 0.6) is 0 Å². The van der Waals surface area contributed by atoms with Crippen LogP contribution < -0.4 is 5.32 Å². The van der Waals surface area contributed by atoms with Crippen LogP contribution in [0.3, 0.4) is 0 Å². The van der Waals surface area contributed by atoms with Crippen LogP contribution in [0.2, 0.25) is 0 Å². The molecule has 18 heavy (non-hydrogen) atoms. The maximum atomic E-state index is 4.30. The minimum absolute atomic E-state index is 0.507. The third kappa shape index (κ3) is 3.21. The Bertz CT molecular complexity index is 532. The molecule has 0 spiro atoms.